The fourth-order valence-corrected chi connectivity index (χ4v) is 2.00. The van der Waals surface area contributed by atoms with Gasteiger partial charge in [0.15, 0.2) is 24.4 Å². The Morgan fingerprint density at radius 2 is 1.87 bits per heavy atom. The summed E-state index contributed by atoms with van der Waals surface area (Å²) in [5, 5.41) is 0. The number of pyridine rings is 1. The van der Waals surface area contributed by atoms with Crippen molar-refractivity contribution in [1.29, 1.82) is 0 Å². The smallest absolute Gasteiger partial charge is 0.204 e. The Hall–Kier alpha value is -1.77. The minimum Gasteiger partial charge on any atom is -0.204 e. The van der Waals surface area contributed by atoms with Crippen LogP contribution < -0.4 is 4.57 Å². The lowest BCUT2D eigenvalue weighted by molar-refractivity contribution is -0.672. The lowest BCUT2D eigenvalue weighted by atomic mass is 10.1. The van der Waals surface area contributed by atoms with Gasteiger partial charge in [0.1, 0.15) is 0 Å². The largest absolute Gasteiger partial charge is 0.213 e. The van der Waals surface area contributed by atoms with Crippen LogP contribution in [0, 0.1) is 11.6 Å². The third-order valence-corrected chi connectivity index (χ3v) is 2.70. The highest BCUT2D eigenvalue weighted by molar-refractivity contribution is 5.63. The van der Waals surface area contributed by atoms with Gasteiger partial charge >= 0.3 is 0 Å². The van der Waals surface area contributed by atoms with Crippen LogP contribution in [0.3, 0.4) is 0 Å². The summed E-state index contributed by atoms with van der Waals surface area (Å²) in [5.41, 5.74) is 2.56. The number of benzene rings is 1. The van der Waals surface area contributed by atoms with Gasteiger partial charge in [0.05, 0.1) is 5.56 Å². The van der Waals surface area contributed by atoms with Crippen molar-refractivity contribution >= 4 is 0 Å². The van der Waals surface area contributed by atoms with E-state index < -0.39 is 11.6 Å². The molecule has 1 aromatic carbocycles. The average Bonchev–Trinajstić information content (AvgIpc) is 2.57. The number of hydrogen-bond acceptors (Lipinski definition) is 0. The van der Waals surface area contributed by atoms with Crippen molar-refractivity contribution in [2.45, 2.75) is 6.54 Å². The maximum absolute atomic E-state index is 13.1. The van der Waals surface area contributed by atoms with Crippen molar-refractivity contribution < 1.29 is 13.3 Å². The van der Waals surface area contributed by atoms with E-state index in [1.807, 2.05) is 29.0 Å². The van der Waals surface area contributed by atoms with Gasteiger partial charge in [-0.3, -0.25) is 0 Å². The highest BCUT2D eigenvalue weighted by atomic mass is 19.2. The molecule has 0 atom stereocenters. The molecule has 1 aromatic heterocycles. The predicted molar refractivity (Wildman–Crippen MR) is 51.1 cm³/mol. The maximum Gasteiger partial charge on any atom is 0.213 e. The van der Waals surface area contributed by atoms with E-state index in [1.165, 1.54) is 12.1 Å². The lowest BCUT2D eigenvalue weighted by Gasteiger charge is -1.95. The SMILES string of the molecule is Fc1cc2c(cc1F)-c1cccc[n+]1C2. The molecule has 0 spiro atoms. The molecular weight excluding hydrogens is 196 g/mol. The second-order valence-electron chi connectivity index (χ2n) is 3.64. The van der Waals surface area contributed by atoms with Crippen LogP contribution in [0.15, 0.2) is 36.5 Å². The summed E-state index contributed by atoms with van der Waals surface area (Å²) in [4.78, 5) is 0. The lowest BCUT2D eigenvalue weighted by Crippen LogP contribution is -2.31. The normalized spacial score (nSPS) is 12.4. The number of rotatable bonds is 0. The molecule has 0 saturated carbocycles. The zero-order valence-electron chi connectivity index (χ0n) is 7.87. The Morgan fingerprint density at radius 1 is 1.07 bits per heavy atom. The fraction of sp³-hybridized carbons (Fsp3) is 0.0833. The zero-order valence-corrected chi connectivity index (χ0v) is 7.87. The molecule has 15 heavy (non-hydrogen) atoms. The first-order chi connectivity index (χ1) is 7.25. The predicted octanol–water partition coefficient (Wildman–Crippen LogP) is 2.28. The van der Waals surface area contributed by atoms with E-state index >= 15 is 0 Å². The van der Waals surface area contributed by atoms with Gasteiger partial charge in [-0.15, -0.1) is 0 Å². The summed E-state index contributed by atoms with van der Waals surface area (Å²) < 4.78 is 28.1. The molecule has 3 heteroatoms. The van der Waals surface area contributed by atoms with Crippen molar-refractivity contribution in [2.24, 2.45) is 0 Å². The molecule has 2 aromatic rings. The highest BCUT2D eigenvalue weighted by Crippen LogP contribution is 2.27. The summed E-state index contributed by atoms with van der Waals surface area (Å²) in [6, 6.07) is 8.24. The van der Waals surface area contributed by atoms with E-state index in [0.29, 0.717) is 6.54 Å². The molecule has 1 aliphatic heterocycles. The second kappa shape index (κ2) is 2.86. The average molecular weight is 204 g/mol. The summed E-state index contributed by atoms with van der Waals surface area (Å²) in [6.07, 6.45) is 1.91. The van der Waals surface area contributed by atoms with Gasteiger partial charge in [0, 0.05) is 17.7 Å². The van der Waals surface area contributed by atoms with Crippen LogP contribution in [0.1, 0.15) is 5.56 Å². The van der Waals surface area contributed by atoms with Crippen molar-refractivity contribution in [3.8, 4) is 11.3 Å². The van der Waals surface area contributed by atoms with Crippen LogP contribution in [0.4, 0.5) is 8.78 Å². The molecule has 74 valence electrons. The van der Waals surface area contributed by atoms with Gasteiger partial charge in [-0.25, -0.2) is 8.78 Å². The van der Waals surface area contributed by atoms with Crippen molar-refractivity contribution in [3.05, 3.63) is 53.7 Å². The topological polar surface area (TPSA) is 3.88 Å². The number of nitrogens with zero attached hydrogens (tertiary/aromatic N) is 1. The number of aromatic nitrogens is 1. The fourth-order valence-electron chi connectivity index (χ4n) is 2.00. The van der Waals surface area contributed by atoms with Crippen LogP contribution in [-0.4, -0.2) is 0 Å². The van der Waals surface area contributed by atoms with E-state index in [2.05, 4.69) is 0 Å². The standard InChI is InChI=1S/C12H8F2N/c13-10-5-8-7-15-4-2-1-3-12(15)9(8)6-11(10)14/h1-6H,7H2/q+1. The Labute approximate surface area is 85.6 Å². The second-order valence-corrected chi connectivity index (χ2v) is 3.64. The van der Waals surface area contributed by atoms with Crippen molar-refractivity contribution in [3.63, 3.8) is 0 Å². The van der Waals surface area contributed by atoms with Crippen molar-refractivity contribution in [1.82, 2.24) is 0 Å². The minimum atomic E-state index is -0.786. The van der Waals surface area contributed by atoms with Crippen LogP contribution in [0.5, 0.6) is 0 Å². The molecule has 0 unspecified atom stereocenters. The zero-order chi connectivity index (χ0) is 10.4. The molecule has 2 heterocycles. The molecule has 0 N–H and O–H groups in total. The van der Waals surface area contributed by atoms with Crippen LogP contribution in [0.25, 0.3) is 11.3 Å². The summed E-state index contributed by atoms with van der Waals surface area (Å²) in [5.74, 6) is -1.56. The molecule has 0 aliphatic carbocycles. The van der Waals surface area contributed by atoms with Gasteiger partial charge < -0.3 is 0 Å². The number of hydrogen-bond donors (Lipinski definition) is 0. The molecular formula is C12H8F2N+. The summed E-state index contributed by atoms with van der Waals surface area (Å²) in [7, 11) is 0. The first-order valence-electron chi connectivity index (χ1n) is 4.72. The Bertz CT molecular complexity index is 549. The van der Waals surface area contributed by atoms with Crippen LogP contribution in [-0.2, 0) is 6.54 Å². The Balaban J connectivity index is 2.29. The summed E-state index contributed by atoms with van der Waals surface area (Å²) in [6.45, 7) is 0.614. The summed E-state index contributed by atoms with van der Waals surface area (Å²) >= 11 is 0. The van der Waals surface area contributed by atoms with Crippen LogP contribution in [0.2, 0.25) is 0 Å². The Kier molecular flexibility index (Phi) is 1.63. The van der Waals surface area contributed by atoms with E-state index in [-0.39, 0.29) is 0 Å². The molecule has 0 fully saturated rings. The molecule has 0 bridgehead atoms. The molecule has 3 rings (SSSR count). The van der Waals surface area contributed by atoms with E-state index in [1.54, 1.807) is 0 Å². The number of fused-ring (bicyclic) bond motifs is 3. The monoisotopic (exact) mass is 204 g/mol. The highest BCUT2D eigenvalue weighted by Gasteiger charge is 2.26. The maximum atomic E-state index is 13.1. The third-order valence-electron chi connectivity index (χ3n) is 2.70. The quantitative estimate of drug-likeness (QED) is 0.494. The molecule has 0 saturated heterocycles. The molecule has 1 nitrogen and oxygen atoms in total. The Morgan fingerprint density at radius 3 is 2.73 bits per heavy atom. The van der Waals surface area contributed by atoms with E-state index in [4.69, 9.17) is 0 Å². The molecule has 0 radical (unpaired) electrons. The first-order valence-corrected chi connectivity index (χ1v) is 4.72. The van der Waals surface area contributed by atoms with Crippen molar-refractivity contribution in [2.75, 3.05) is 0 Å². The third kappa shape index (κ3) is 1.16. The van der Waals surface area contributed by atoms with Gasteiger partial charge in [-0.1, -0.05) is 0 Å². The first kappa shape index (κ1) is 8.53. The molecule has 1 aliphatic rings. The molecule has 0 amide bonds. The van der Waals surface area contributed by atoms with Gasteiger partial charge in [0.2, 0.25) is 5.69 Å². The minimum absolute atomic E-state index is 0.614. The number of halogens is 2. The van der Waals surface area contributed by atoms with Crippen LogP contribution >= 0.6 is 0 Å². The van der Waals surface area contributed by atoms with E-state index in [9.17, 15) is 8.78 Å². The van der Waals surface area contributed by atoms with E-state index in [0.717, 1.165) is 16.8 Å². The van der Waals surface area contributed by atoms with Gasteiger partial charge in [0.25, 0.3) is 0 Å². The van der Waals surface area contributed by atoms with Gasteiger partial charge in [-0.05, 0) is 18.2 Å². The van der Waals surface area contributed by atoms with Gasteiger partial charge in [-0.2, -0.15) is 4.57 Å².